The second-order valence-corrected chi connectivity index (χ2v) is 5.63. The maximum Gasteiger partial charge on any atom is 0.425 e. The van der Waals surface area contributed by atoms with E-state index >= 15 is 0 Å². The van der Waals surface area contributed by atoms with Gasteiger partial charge in [-0.05, 0) is 18.2 Å². The Morgan fingerprint density at radius 3 is 2.70 bits per heavy atom. The first-order valence-electron chi connectivity index (χ1n) is 7.29. The van der Waals surface area contributed by atoms with Crippen molar-refractivity contribution < 1.29 is 31.9 Å². The van der Waals surface area contributed by atoms with Crippen molar-refractivity contribution in [1.82, 2.24) is 9.55 Å². The molecule has 11 heteroatoms. The number of esters is 1. The Bertz CT molecular complexity index is 1070. The summed E-state index contributed by atoms with van der Waals surface area (Å²) in [5, 5.41) is -0.374. The van der Waals surface area contributed by atoms with Gasteiger partial charge in [-0.3, -0.25) is 0 Å². The molecule has 0 aliphatic heterocycles. The molecular weight excluding hydrogens is 393 g/mol. The van der Waals surface area contributed by atoms with Gasteiger partial charge < -0.3 is 13.9 Å². The Hall–Kier alpha value is -3.01. The highest BCUT2D eigenvalue weighted by Crippen LogP contribution is 2.32. The van der Waals surface area contributed by atoms with E-state index < -0.39 is 23.5 Å². The fourth-order valence-corrected chi connectivity index (χ4v) is 2.49. The first kappa shape index (κ1) is 18.8. The molecule has 2 aromatic heterocycles. The minimum atomic E-state index is -4.62. The molecule has 0 aliphatic carbocycles. The first-order valence-corrected chi connectivity index (χ1v) is 7.67. The fraction of sp³-hybridized carbons (Fsp3) is 0.188. The van der Waals surface area contributed by atoms with Crippen LogP contribution in [0.25, 0.3) is 16.9 Å². The van der Waals surface area contributed by atoms with Crippen molar-refractivity contribution >= 4 is 28.7 Å². The molecule has 7 nitrogen and oxygen atoms in total. The van der Waals surface area contributed by atoms with Crippen molar-refractivity contribution in [3.05, 3.63) is 51.6 Å². The number of oxazole rings is 1. The topological polar surface area (TPSA) is 83.6 Å². The number of halogens is 4. The lowest BCUT2D eigenvalue weighted by Gasteiger charge is -2.09. The molecule has 0 amide bonds. The molecule has 0 atom stereocenters. The molecule has 0 bridgehead atoms. The lowest BCUT2D eigenvalue weighted by molar-refractivity contribution is -0.143. The lowest BCUT2D eigenvalue weighted by Crippen LogP contribution is -2.15. The second kappa shape index (κ2) is 6.95. The third kappa shape index (κ3) is 3.75. The number of carbonyl (C=O) groups is 1. The molecule has 3 aromatic rings. The highest BCUT2D eigenvalue weighted by molar-refractivity contribution is 6.32. The molecule has 0 fully saturated rings. The largest absolute Gasteiger partial charge is 0.482 e. The van der Waals surface area contributed by atoms with E-state index in [-0.39, 0.29) is 34.3 Å². The number of alkyl halides is 3. The average molecular weight is 403 g/mol. The van der Waals surface area contributed by atoms with Gasteiger partial charge in [-0.15, -0.1) is 0 Å². The van der Waals surface area contributed by atoms with Crippen LogP contribution in [0.3, 0.4) is 0 Å². The van der Waals surface area contributed by atoms with Gasteiger partial charge in [0.05, 0.1) is 23.2 Å². The maximum atomic E-state index is 12.7. The number of carbonyl (C=O) groups excluding carboxylic acids is 1. The van der Waals surface area contributed by atoms with Crippen LogP contribution in [0.15, 0.2) is 39.7 Å². The van der Waals surface area contributed by atoms with E-state index in [1.54, 1.807) is 0 Å². The molecule has 142 valence electrons. The van der Waals surface area contributed by atoms with Crippen LogP contribution in [0, 0.1) is 0 Å². The van der Waals surface area contributed by atoms with E-state index in [4.69, 9.17) is 20.8 Å². The SMILES string of the molecule is COC(=O)COc1ccc2c(c1)oc(=O)n2-c1ncc(C(F)(F)F)cc1Cl. The van der Waals surface area contributed by atoms with Gasteiger partial charge in [0.25, 0.3) is 0 Å². The van der Waals surface area contributed by atoms with Gasteiger partial charge in [0.15, 0.2) is 18.0 Å². The number of aromatic nitrogens is 2. The van der Waals surface area contributed by atoms with Crippen LogP contribution in [-0.4, -0.2) is 29.2 Å². The first-order chi connectivity index (χ1) is 12.7. The van der Waals surface area contributed by atoms with Gasteiger partial charge in [0.1, 0.15) is 5.75 Å². The van der Waals surface area contributed by atoms with Crippen LogP contribution >= 0.6 is 11.6 Å². The zero-order valence-electron chi connectivity index (χ0n) is 13.5. The fourth-order valence-electron chi connectivity index (χ4n) is 2.24. The lowest BCUT2D eigenvalue weighted by atomic mass is 10.2. The zero-order chi connectivity index (χ0) is 19.8. The van der Waals surface area contributed by atoms with Crippen molar-refractivity contribution in [2.75, 3.05) is 13.7 Å². The quantitative estimate of drug-likeness (QED) is 0.623. The summed E-state index contributed by atoms with van der Waals surface area (Å²) >= 11 is 5.89. The monoisotopic (exact) mass is 402 g/mol. The molecule has 1 aromatic carbocycles. The van der Waals surface area contributed by atoms with Crippen molar-refractivity contribution in [3.8, 4) is 11.6 Å². The summed E-state index contributed by atoms with van der Waals surface area (Å²) in [7, 11) is 1.20. The van der Waals surface area contributed by atoms with Crippen LogP contribution in [0.1, 0.15) is 5.56 Å². The van der Waals surface area contributed by atoms with Crippen molar-refractivity contribution in [2.45, 2.75) is 6.18 Å². The molecule has 27 heavy (non-hydrogen) atoms. The van der Waals surface area contributed by atoms with E-state index in [1.807, 2.05) is 0 Å². The van der Waals surface area contributed by atoms with E-state index in [0.29, 0.717) is 12.3 Å². The molecular formula is C16H10ClF3N2O5. The van der Waals surface area contributed by atoms with Crippen molar-refractivity contribution in [2.24, 2.45) is 0 Å². The minimum absolute atomic E-state index is 0.0696. The van der Waals surface area contributed by atoms with E-state index in [1.165, 1.54) is 25.3 Å². The Kier molecular flexibility index (Phi) is 4.83. The number of nitrogens with zero attached hydrogens (tertiary/aromatic N) is 2. The number of rotatable bonds is 4. The number of fused-ring (bicyclic) bond motifs is 1. The molecule has 0 unspecified atom stereocenters. The highest BCUT2D eigenvalue weighted by Gasteiger charge is 2.32. The van der Waals surface area contributed by atoms with Crippen LogP contribution in [0.5, 0.6) is 5.75 Å². The number of ether oxygens (including phenoxy) is 2. The summed E-state index contributed by atoms with van der Waals surface area (Å²) in [5.74, 6) is -1.49. The molecule has 0 aliphatic rings. The van der Waals surface area contributed by atoms with E-state index in [0.717, 1.165) is 4.57 Å². The van der Waals surface area contributed by atoms with Crippen molar-refractivity contribution in [3.63, 3.8) is 0 Å². The Morgan fingerprint density at radius 2 is 2.07 bits per heavy atom. The number of methoxy groups -OCH3 is 1. The molecule has 0 N–H and O–H groups in total. The summed E-state index contributed by atoms with van der Waals surface area (Å²) in [6.45, 7) is -0.348. The molecule has 3 rings (SSSR count). The Balaban J connectivity index is 2.02. The predicted molar refractivity (Wildman–Crippen MR) is 87.1 cm³/mol. The van der Waals surface area contributed by atoms with Gasteiger partial charge in [-0.2, -0.15) is 13.2 Å². The smallest absolute Gasteiger partial charge is 0.425 e. The van der Waals surface area contributed by atoms with E-state index in [9.17, 15) is 22.8 Å². The molecule has 0 radical (unpaired) electrons. The highest BCUT2D eigenvalue weighted by atomic mass is 35.5. The van der Waals surface area contributed by atoms with Gasteiger partial charge in [-0.1, -0.05) is 11.6 Å². The zero-order valence-corrected chi connectivity index (χ0v) is 14.3. The second-order valence-electron chi connectivity index (χ2n) is 5.22. The number of benzene rings is 1. The molecule has 0 spiro atoms. The van der Waals surface area contributed by atoms with Gasteiger partial charge >= 0.3 is 17.9 Å². The third-order valence-electron chi connectivity index (χ3n) is 3.50. The molecule has 2 heterocycles. The van der Waals surface area contributed by atoms with Gasteiger partial charge in [0, 0.05) is 12.3 Å². The Labute approximate surface area is 153 Å². The normalized spacial score (nSPS) is 11.6. The number of hydrogen-bond donors (Lipinski definition) is 0. The molecule has 0 saturated heterocycles. The summed E-state index contributed by atoms with van der Waals surface area (Å²) in [5.41, 5.74) is -0.768. The van der Waals surface area contributed by atoms with Gasteiger partial charge in [-0.25, -0.2) is 19.1 Å². The molecule has 0 saturated carbocycles. The third-order valence-corrected chi connectivity index (χ3v) is 3.78. The summed E-state index contributed by atoms with van der Waals surface area (Å²) < 4.78 is 53.9. The summed E-state index contributed by atoms with van der Waals surface area (Å²) in [4.78, 5) is 26.9. The number of hydrogen-bond acceptors (Lipinski definition) is 6. The average Bonchev–Trinajstić information content (AvgIpc) is 2.93. The number of pyridine rings is 1. The van der Waals surface area contributed by atoms with Crippen LogP contribution in [0.2, 0.25) is 5.02 Å². The standard InChI is InChI=1S/C16H10ClF3N2O5/c1-25-13(23)7-26-9-2-3-11-12(5-9)27-15(24)22(11)14-10(17)4-8(6-21-14)16(18,19)20/h2-6H,7H2,1H3. The predicted octanol–water partition coefficient (Wildman–Crippen LogP) is 3.20. The summed E-state index contributed by atoms with van der Waals surface area (Å²) in [6.07, 6.45) is -4.05. The Morgan fingerprint density at radius 1 is 1.33 bits per heavy atom. The maximum absolute atomic E-state index is 12.7. The van der Waals surface area contributed by atoms with Crippen molar-refractivity contribution in [1.29, 1.82) is 0 Å². The van der Waals surface area contributed by atoms with Crippen LogP contribution in [0.4, 0.5) is 13.2 Å². The van der Waals surface area contributed by atoms with Crippen LogP contribution < -0.4 is 10.5 Å². The summed E-state index contributed by atoms with van der Waals surface area (Å²) in [6, 6.07) is 4.87. The van der Waals surface area contributed by atoms with Crippen LogP contribution in [-0.2, 0) is 15.7 Å². The van der Waals surface area contributed by atoms with E-state index in [2.05, 4.69) is 9.72 Å². The van der Waals surface area contributed by atoms with Gasteiger partial charge in [0.2, 0.25) is 0 Å². The minimum Gasteiger partial charge on any atom is -0.482 e.